The van der Waals surface area contributed by atoms with Crippen molar-refractivity contribution < 1.29 is 38.5 Å². The van der Waals surface area contributed by atoms with E-state index in [-0.39, 0.29) is 18.2 Å². The molecule has 256 valence electrons. The van der Waals surface area contributed by atoms with E-state index in [1.165, 1.54) is 12.0 Å². The van der Waals surface area contributed by atoms with Crippen LogP contribution in [0.5, 0.6) is 5.75 Å². The Morgan fingerprint density at radius 1 is 1.22 bits per heavy atom. The number of primary amides is 1. The molecule has 2 rings (SSSR count). The molecular formula is C34H52N4O8. The average molecular weight is 645 g/mol. The van der Waals surface area contributed by atoms with Gasteiger partial charge in [-0.2, -0.15) is 0 Å². The molecule has 0 fully saturated rings. The van der Waals surface area contributed by atoms with Crippen LogP contribution in [0.3, 0.4) is 0 Å². The number of nitrogens with one attached hydrogen (secondary N) is 2. The molecule has 3 amide bonds. The number of methoxy groups -OCH3 is 1. The number of anilines is 1. The van der Waals surface area contributed by atoms with Gasteiger partial charge in [0, 0.05) is 43.9 Å². The van der Waals surface area contributed by atoms with Gasteiger partial charge in [0.25, 0.3) is 5.91 Å². The summed E-state index contributed by atoms with van der Waals surface area (Å²) in [6.45, 7) is 8.52. The molecule has 0 aliphatic carbocycles. The van der Waals surface area contributed by atoms with Gasteiger partial charge in [-0.25, -0.2) is 9.59 Å². The zero-order valence-corrected chi connectivity index (χ0v) is 28.2. The van der Waals surface area contributed by atoms with E-state index in [0.29, 0.717) is 54.7 Å². The second-order valence-electron chi connectivity index (χ2n) is 12.3. The zero-order chi connectivity index (χ0) is 34.4. The number of aliphatic hydroxyl groups excluding tert-OH is 1. The van der Waals surface area contributed by atoms with Crippen LogP contribution in [0.15, 0.2) is 41.5 Å². The number of amides is 3. The standard InChI is InChI=1S/C34H52N4O8/c1-21-14-25-17-27(19-28(18-25)45-34(43)38(6)13-9-12-36-5)37-32(41)22(2)10-8-11-26(20-39)31(46-33(35)42)24(4)16-23(3)30(40)29(15-21)44-7/h10,16-21,23,26,29-31,36,40H,8-9,11-15H2,1-7H3,(H2,35,42)(H,37,41)/b22-10+,24-16+/t21-,23+,26-,29+,30-,31+/m1/s1. The Bertz CT molecular complexity index is 1250. The van der Waals surface area contributed by atoms with Crippen molar-refractivity contribution >= 4 is 30.1 Å². The number of hydrogen-bond acceptors (Lipinski definition) is 9. The summed E-state index contributed by atoms with van der Waals surface area (Å²) in [5, 5.41) is 17.2. The minimum absolute atomic E-state index is 0.0182. The van der Waals surface area contributed by atoms with Crippen molar-refractivity contribution in [3.8, 4) is 5.75 Å². The molecule has 12 nitrogen and oxygen atoms in total. The fraction of sp³-hybridized carbons (Fsp3) is 0.588. The first-order chi connectivity index (χ1) is 21.8. The van der Waals surface area contributed by atoms with Crippen molar-refractivity contribution in [2.75, 3.05) is 39.6 Å². The summed E-state index contributed by atoms with van der Waals surface area (Å²) in [6.07, 6.45) is 2.73. The van der Waals surface area contributed by atoms with Crippen LogP contribution in [-0.2, 0) is 25.5 Å². The first-order valence-electron chi connectivity index (χ1n) is 15.8. The topological polar surface area (TPSA) is 170 Å². The Balaban J connectivity index is 2.48. The SMILES string of the molecule is CNCCCN(C)C(=O)Oc1cc2cc(c1)NC(=O)/C(C)=C/CC[C@H](C=O)[C@@H](OC(N)=O)/C(C)=C/[C@H](C)[C@@H](O)[C@@H](OC)C[C@H](C)C2. The second-order valence-corrected chi connectivity index (χ2v) is 12.3. The van der Waals surface area contributed by atoms with Crippen LogP contribution in [0.25, 0.3) is 0 Å². The van der Waals surface area contributed by atoms with E-state index in [9.17, 15) is 24.3 Å². The van der Waals surface area contributed by atoms with Crippen molar-refractivity contribution in [3.05, 3.63) is 47.1 Å². The molecule has 5 N–H and O–H groups in total. The van der Waals surface area contributed by atoms with Crippen molar-refractivity contribution in [2.24, 2.45) is 23.5 Å². The maximum Gasteiger partial charge on any atom is 0.414 e. The van der Waals surface area contributed by atoms with E-state index in [1.807, 2.05) is 27.0 Å². The number of nitrogens with two attached hydrogens (primary N) is 1. The molecule has 0 saturated carbocycles. The van der Waals surface area contributed by atoms with Crippen LogP contribution >= 0.6 is 0 Å². The smallest absolute Gasteiger partial charge is 0.414 e. The molecule has 2 bridgehead atoms. The van der Waals surface area contributed by atoms with Gasteiger partial charge in [-0.1, -0.05) is 26.0 Å². The molecular weight excluding hydrogens is 592 g/mol. The van der Waals surface area contributed by atoms with Crippen LogP contribution < -0.4 is 21.1 Å². The highest BCUT2D eigenvalue weighted by Crippen LogP contribution is 2.28. The third-order valence-electron chi connectivity index (χ3n) is 8.19. The van der Waals surface area contributed by atoms with Crippen LogP contribution in [0.2, 0.25) is 0 Å². The Morgan fingerprint density at radius 2 is 1.93 bits per heavy atom. The van der Waals surface area contributed by atoms with E-state index >= 15 is 0 Å². The highest BCUT2D eigenvalue weighted by atomic mass is 16.6. The predicted octanol–water partition coefficient (Wildman–Crippen LogP) is 4.21. The molecule has 46 heavy (non-hydrogen) atoms. The highest BCUT2D eigenvalue weighted by Gasteiger charge is 2.30. The van der Waals surface area contributed by atoms with Gasteiger partial charge in [0.15, 0.2) is 0 Å². The largest absolute Gasteiger partial charge is 0.441 e. The number of ether oxygens (including phenoxy) is 3. The molecule has 0 aromatic heterocycles. The van der Waals surface area contributed by atoms with Crippen molar-refractivity contribution in [2.45, 2.75) is 78.1 Å². The zero-order valence-electron chi connectivity index (χ0n) is 28.2. The van der Waals surface area contributed by atoms with Gasteiger partial charge in [0.1, 0.15) is 18.1 Å². The number of nitrogens with zero attached hydrogens (tertiary/aromatic N) is 1. The molecule has 0 unspecified atom stereocenters. The molecule has 1 aliphatic heterocycles. The van der Waals surface area contributed by atoms with Crippen LogP contribution in [0.4, 0.5) is 15.3 Å². The minimum atomic E-state index is -1.02. The van der Waals surface area contributed by atoms with Crippen molar-refractivity contribution in [1.29, 1.82) is 0 Å². The van der Waals surface area contributed by atoms with Gasteiger partial charge in [0.2, 0.25) is 0 Å². The molecule has 1 aliphatic rings. The summed E-state index contributed by atoms with van der Waals surface area (Å²) in [5.74, 6) is -1.18. The van der Waals surface area contributed by atoms with Crippen molar-refractivity contribution in [3.63, 3.8) is 0 Å². The number of allylic oxidation sites excluding steroid dienone is 1. The maximum absolute atomic E-state index is 13.2. The van der Waals surface area contributed by atoms with Gasteiger partial charge in [-0.15, -0.1) is 0 Å². The number of carbonyl (C=O) groups excluding carboxylic acids is 4. The second kappa shape index (κ2) is 19.0. The number of rotatable bonds is 8. The monoisotopic (exact) mass is 644 g/mol. The summed E-state index contributed by atoms with van der Waals surface area (Å²) in [5.41, 5.74) is 7.63. The molecule has 12 heteroatoms. The molecule has 0 spiro atoms. The highest BCUT2D eigenvalue weighted by molar-refractivity contribution is 6.03. The first-order valence-corrected chi connectivity index (χ1v) is 15.8. The molecule has 6 atom stereocenters. The number of aldehydes is 1. The molecule has 0 saturated heterocycles. The average Bonchev–Trinajstić information content (AvgIpc) is 2.99. The molecule has 1 aromatic carbocycles. The van der Waals surface area contributed by atoms with Crippen LogP contribution in [0, 0.1) is 17.8 Å². The minimum Gasteiger partial charge on any atom is -0.441 e. The Hall–Kier alpha value is -3.74. The summed E-state index contributed by atoms with van der Waals surface area (Å²) in [7, 11) is 5.06. The van der Waals surface area contributed by atoms with Crippen LogP contribution in [-0.4, -0.2) is 87.0 Å². The third-order valence-corrected chi connectivity index (χ3v) is 8.19. The van der Waals surface area contributed by atoms with Gasteiger partial charge >= 0.3 is 12.2 Å². The maximum atomic E-state index is 13.2. The van der Waals surface area contributed by atoms with Gasteiger partial charge in [0.05, 0.1) is 18.1 Å². The lowest BCUT2D eigenvalue weighted by Crippen LogP contribution is -2.36. The predicted molar refractivity (Wildman–Crippen MR) is 176 cm³/mol. The van der Waals surface area contributed by atoms with E-state index in [2.05, 4.69) is 10.6 Å². The number of hydrogen-bond donors (Lipinski definition) is 4. The molecule has 1 aromatic rings. The number of fused-ring (bicyclic) bond motifs is 2. The van der Waals surface area contributed by atoms with E-state index in [4.69, 9.17) is 19.9 Å². The normalized spacial score (nSPS) is 27.3. The van der Waals surface area contributed by atoms with E-state index in [1.54, 1.807) is 45.2 Å². The Kier molecular flexibility index (Phi) is 15.9. The van der Waals surface area contributed by atoms with E-state index < -0.39 is 42.3 Å². The summed E-state index contributed by atoms with van der Waals surface area (Å²) < 4.78 is 16.8. The lowest BCUT2D eigenvalue weighted by molar-refractivity contribution is -0.114. The Morgan fingerprint density at radius 3 is 2.57 bits per heavy atom. The van der Waals surface area contributed by atoms with Gasteiger partial charge in [-0.05, 0) is 88.7 Å². The quantitative estimate of drug-likeness (QED) is 0.184. The fourth-order valence-corrected chi connectivity index (χ4v) is 5.63. The van der Waals surface area contributed by atoms with Crippen molar-refractivity contribution in [1.82, 2.24) is 10.2 Å². The summed E-state index contributed by atoms with van der Waals surface area (Å²) in [4.78, 5) is 51.4. The van der Waals surface area contributed by atoms with E-state index in [0.717, 1.165) is 18.5 Å². The lowest BCUT2D eigenvalue weighted by atomic mass is 9.87. The first kappa shape index (κ1) is 38.4. The van der Waals surface area contributed by atoms with Crippen LogP contribution in [0.1, 0.15) is 58.9 Å². The number of aliphatic hydroxyl groups is 1. The molecule has 0 radical (unpaired) electrons. The fourth-order valence-electron chi connectivity index (χ4n) is 5.63. The lowest BCUT2D eigenvalue weighted by Gasteiger charge is -2.29. The molecule has 1 heterocycles. The summed E-state index contributed by atoms with van der Waals surface area (Å²) in [6, 6.07) is 5.22. The number of benzene rings is 1. The van der Waals surface area contributed by atoms with Gasteiger partial charge in [-0.3, -0.25) is 4.79 Å². The van der Waals surface area contributed by atoms with Gasteiger partial charge < -0.3 is 45.4 Å². The number of carbonyl (C=O) groups is 4. The Labute approximate surface area is 272 Å². The third kappa shape index (κ3) is 12.2. The summed E-state index contributed by atoms with van der Waals surface area (Å²) >= 11 is 0.